The molecule has 0 aromatic carbocycles. The van der Waals surface area contributed by atoms with Crippen molar-refractivity contribution >= 4 is 32.2 Å². The van der Waals surface area contributed by atoms with Crippen molar-refractivity contribution in [3.8, 4) is 22.1 Å². The molecule has 4 rings (SSSR count). The van der Waals surface area contributed by atoms with E-state index in [4.69, 9.17) is 0 Å². The summed E-state index contributed by atoms with van der Waals surface area (Å²) in [6.45, 7) is 0. The number of nitrogens with zero attached hydrogens (tertiary/aromatic N) is 7. The SMILES string of the molecule is Cn1ncc(Br)c1-c1nn2c(-c3cccnc3)nnc2s1. The van der Waals surface area contributed by atoms with Gasteiger partial charge in [0.25, 0.3) is 0 Å². The maximum atomic E-state index is 4.60. The average molecular weight is 362 g/mol. The van der Waals surface area contributed by atoms with E-state index >= 15 is 0 Å². The van der Waals surface area contributed by atoms with Gasteiger partial charge in [0.2, 0.25) is 4.96 Å². The lowest BCUT2D eigenvalue weighted by atomic mass is 10.3. The molecule has 0 saturated heterocycles. The van der Waals surface area contributed by atoms with Crippen LogP contribution < -0.4 is 0 Å². The fourth-order valence-electron chi connectivity index (χ4n) is 2.04. The number of rotatable bonds is 2. The molecule has 21 heavy (non-hydrogen) atoms. The highest BCUT2D eigenvalue weighted by Crippen LogP contribution is 2.32. The summed E-state index contributed by atoms with van der Waals surface area (Å²) in [6.07, 6.45) is 5.22. The first-order chi connectivity index (χ1) is 10.2. The lowest BCUT2D eigenvalue weighted by Gasteiger charge is -1.97. The first-order valence-corrected chi connectivity index (χ1v) is 7.65. The van der Waals surface area contributed by atoms with Crippen molar-refractivity contribution in [3.05, 3.63) is 35.2 Å². The molecule has 0 spiro atoms. The minimum atomic E-state index is 0.680. The summed E-state index contributed by atoms with van der Waals surface area (Å²) in [5, 5.41) is 18.0. The minimum Gasteiger partial charge on any atom is -0.264 e. The quantitative estimate of drug-likeness (QED) is 0.548. The Bertz CT molecular complexity index is 904. The summed E-state index contributed by atoms with van der Waals surface area (Å²) in [7, 11) is 1.88. The number of pyridine rings is 1. The molecule has 0 bridgehead atoms. The van der Waals surface area contributed by atoms with Crippen LogP contribution in [0.2, 0.25) is 0 Å². The fraction of sp³-hybridized carbons (Fsp3) is 0.0833. The standard InChI is InChI=1S/C12H8BrN7S/c1-19-9(8(13)6-15-19)11-18-20-10(16-17-12(20)21-11)7-3-2-4-14-5-7/h2-6H,1H3. The highest BCUT2D eigenvalue weighted by molar-refractivity contribution is 9.10. The van der Waals surface area contributed by atoms with Gasteiger partial charge in [0.1, 0.15) is 5.69 Å². The second-order valence-corrected chi connectivity index (χ2v) is 6.14. The first kappa shape index (κ1) is 12.6. The van der Waals surface area contributed by atoms with E-state index in [1.54, 1.807) is 27.8 Å². The van der Waals surface area contributed by atoms with E-state index in [1.807, 2.05) is 19.2 Å². The van der Waals surface area contributed by atoms with E-state index in [-0.39, 0.29) is 0 Å². The van der Waals surface area contributed by atoms with E-state index in [9.17, 15) is 0 Å². The zero-order chi connectivity index (χ0) is 14.4. The summed E-state index contributed by atoms with van der Waals surface area (Å²) in [4.78, 5) is 4.84. The number of aryl methyl sites for hydroxylation is 1. The van der Waals surface area contributed by atoms with Gasteiger partial charge < -0.3 is 0 Å². The number of fused-ring (bicyclic) bond motifs is 1. The molecule has 4 aromatic rings. The maximum Gasteiger partial charge on any atom is 0.235 e. The Balaban J connectivity index is 1.91. The first-order valence-electron chi connectivity index (χ1n) is 6.04. The van der Waals surface area contributed by atoms with Gasteiger partial charge in [0.15, 0.2) is 10.8 Å². The molecule has 0 aliphatic heterocycles. The van der Waals surface area contributed by atoms with Crippen molar-refractivity contribution < 1.29 is 0 Å². The largest absolute Gasteiger partial charge is 0.264 e. The van der Waals surface area contributed by atoms with Gasteiger partial charge in [-0.1, -0.05) is 11.3 Å². The summed E-state index contributed by atoms with van der Waals surface area (Å²) < 4.78 is 4.41. The third-order valence-corrected chi connectivity index (χ3v) is 4.49. The van der Waals surface area contributed by atoms with Crippen LogP contribution in [0.3, 0.4) is 0 Å². The third-order valence-electron chi connectivity index (χ3n) is 3.01. The van der Waals surface area contributed by atoms with Crippen molar-refractivity contribution in [1.29, 1.82) is 0 Å². The predicted molar refractivity (Wildman–Crippen MR) is 81.8 cm³/mol. The van der Waals surface area contributed by atoms with Crippen LogP contribution in [0, 0.1) is 0 Å². The fourth-order valence-corrected chi connectivity index (χ4v) is 3.64. The Hall–Kier alpha value is -2.13. The van der Waals surface area contributed by atoms with E-state index in [1.165, 1.54) is 11.3 Å². The zero-order valence-electron chi connectivity index (χ0n) is 10.8. The molecule has 0 aliphatic carbocycles. The van der Waals surface area contributed by atoms with Gasteiger partial charge in [-0.3, -0.25) is 9.67 Å². The van der Waals surface area contributed by atoms with Crippen molar-refractivity contribution in [3.63, 3.8) is 0 Å². The molecule has 104 valence electrons. The Kier molecular flexibility index (Phi) is 2.82. The van der Waals surface area contributed by atoms with Crippen LogP contribution in [0.25, 0.3) is 27.1 Å². The molecule has 0 aliphatic rings. The Labute approximate surface area is 131 Å². The van der Waals surface area contributed by atoms with Gasteiger partial charge in [-0.15, -0.1) is 10.2 Å². The molecule has 0 radical (unpaired) electrons. The molecule has 0 fully saturated rings. The minimum absolute atomic E-state index is 0.680. The van der Waals surface area contributed by atoms with E-state index in [2.05, 4.69) is 41.3 Å². The van der Waals surface area contributed by atoms with E-state index < -0.39 is 0 Å². The summed E-state index contributed by atoms with van der Waals surface area (Å²) in [5.41, 5.74) is 1.80. The molecule has 4 aromatic heterocycles. The molecule has 9 heteroatoms. The zero-order valence-corrected chi connectivity index (χ0v) is 13.2. The maximum absolute atomic E-state index is 4.60. The number of hydrogen-bond donors (Lipinski definition) is 0. The molecular formula is C12H8BrN7S. The Morgan fingerprint density at radius 1 is 1.24 bits per heavy atom. The highest BCUT2D eigenvalue weighted by atomic mass is 79.9. The lowest BCUT2D eigenvalue weighted by molar-refractivity contribution is 0.772. The number of hydrogen-bond acceptors (Lipinski definition) is 6. The summed E-state index contributed by atoms with van der Waals surface area (Å²) in [5.74, 6) is 0.680. The molecule has 7 nitrogen and oxygen atoms in total. The topological polar surface area (TPSA) is 73.8 Å². The van der Waals surface area contributed by atoms with Crippen LogP contribution in [-0.4, -0.2) is 34.6 Å². The summed E-state index contributed by atoms with van der Waals surface area (Å²) >= 11 is 4.96. The van der Waals surface area contributed by atoms with Crippen LogP contribution in [0.1, 0.15) is 0 Å². The Morgan fingerprint density at radius 2 is 2.14 bits per heavy atom. The van der Waals surface area contributed by atoms with Crippen LogP contribution in [-0.2, 0) is 7.05 Å². The van der Waals surface area contributed by atoms with Crippen LogP contribution in [0.5, 0.6) is 0 Å². The molecule has 0 saturated carbocycles. The van der Waals surface area contributed by atoms with Crippen molar-refractivity contribution in [2.75, 3.05) is 0 Å². The van der Waals surface area contributed by atoms with Gasteiger partial charge in [0.05, 0.1) is 10.7 Å². The highest BCUT2D eigenvalue weighted by Gasteiger charge is 2.18. The molecule has 0 atom stereocenters. The van der Waals surface area contributed by atoms with Crippen molar-refractivity contribution in [1.82, 2.24) is 34.6 Å². The molecule has 4 heterocycles. The number of aromatic nitrogens is 7. The van der Waals surface area contributed by atoms with Gasteiger partial charge in [-0.05, 0) is 28.1 Å². The van der Waals surface area contributed by atoms with Gasteiger partial charge in [0, 0.05) is 25.0 Å². The second-order valence-electron chi connectivity index (χ2n) is 4.33. The van der Waals surface area contributed by atoms with Crippen molar-refractivity contribution in [2.24, 2.45) is 7.05 Å². The van der Waals surface area contributed by atoms with Crippen LogP contribution >= 0.6 is 27.3 Å². The molecule has 0 N–H and O–H groups in total. The van der Waals surface area contributed by atoms with Crippen LogP contribution in [0.4, 0.5) is 0 Å². The van der Waals surface area contributed by atoms with Gasteiger partial charge >= 0.3 is 0 Å². The number of halogens is 1. The van der Waals surface area contributed by atoms with E-state index in [0.29, 0.717) is 5.82 Å². The average Bonchev–Trinajstić information content (AvgIpc) is 3.14. The molecule has 0 amide bonds. The normalized spacial score (nSPS) is 11.3. The van der Waals surface area contributed by atoms with Crippen molar-refractivity contribution in [2.45, 2.75) is 0 Å². The second kappa shape index (κ2) is 4.71. The van der Waals surface area contributed by atoms with Crippen LogP contribution in [0.15, 0.2) is 35.2 Å². The van der Waals surface area contributed by atoms with Gasteiger partial charge in [-0.2, -0.15) is 14.7 Å². The smallest absolute Gasteiger partial charge is 0.235 e. The summed E-state index contributed by atoms with van der Waals surface area (Å²) in [6, 6.07) is 3.80. The lowest BCUT2D eigenvalue weighted by Crippen LogP contribution is -1.95. The van der Waals surface area contributed by atoms with Gasteiger partial charge in [-0.25, -0.2) is 0 Å². The molecular weight excluding hydrogens is 354 g/mol. The monoisotopic (exact) mass is 361 g/mol. The third kappa shape index (κ3) is 1.96. The Morgan fingerprint density at radius 3 is 2.86 bits per heavy atom. The predicted octanol–water partition coefficient (Wildman–Crippen LogP) is 2.41. The van der Waals surface area contributed by atoms with E-state index in [0.717, 1.165) is 25.7 Å². The molecule has 0 unspecified atom stereocenters.